The summed E-state index contributed by atoms with van der Waals surface area (Å²) in [6, 6.07) is 8.25. The zero-order chi connectivity index (χ0) is 15.5. The quantitative estimate of drug-likeness (QED) is 0.787. The van der Waals surface area contributed by atoms with Crippen LogP contribution in [0.4, 0.5) is 5.69 Å². The molecule has 1 heterocycles. The average molecular weight is 286 g/mol. The fourth-order valence-corrected chi connectivity index (χ4v) is 2.32. The number of hydrogen-bond donors (Lipinski definition) is 3. The smallest absolute Gasteiger partial charge is 0.333 e. The molecule has 2 aromatic rings. The number of benzene rings is 1. The maximum atomic E-state index is 11.8. The Kier molecular flexibility index (Phi) is 4.12. The standard InChI is InChI=1S/C16H18N2O3/c1-3-11-9-13(19)6-7-14(11)16(2,15(20)21)18-12-5-4-8-17-10-12/h4-10,18-19H,3H2,1-2H3,(H,20,21)/t16-/m1/s1. The van der Waals surface area contributed by atoms with Crippen molar-refractivity contribution in [3.63, 3.8) is 0 Å². The number of phenolic OH excluding ortho intramolecular Hbond substituents is 1. The van der Waals surface area contributed by atoms with E-state index in [2.05, 4.69) is 10.3 Å². The Hall–Kier alpha value is -2.56. The Labute approximate surface area is 123 Å². The second-order valence-electron chi connectivity index (χ2n) is 4.99. The lowest BCUT2D eigenvalue weighted by molar-refractivity contribution is -0.142. The molecule has 0 radical (unpaired) electrons. The first-order valence-electron chi connectivity index (χ1n) is 6.71. The first-order chi connectivity index (χ1) is 9.97. The summed E-state index contributed by atoms with van der Waals surface area (Å²) in [6.07, 6.45) is 3.83. The number of anilines is 1. The minimum absolute atomic E-state index is 0.129. The largest absolute Gasteiger partial charge is 0.508 e. The van der Waals surface area contributed by atoms with Gasteiger partial charge in [0.25, 0.3) is 0 Å². The van der Waals surface area contributed by atoms with Gasteiger partial charge in [-0.25, -0.2) is 4.79 Å². The van der Waals surface area contributed by atoms with Gasteiger partial charge in [0, 0.05) is 12.4 Å². The SMILES string of the molecule is CCc1cc(O)ccc1[C@@](C)(Nc1cccnc1)C(=O)O. The molecule has 1 aromatic carbocycles. The number of aromatic nitrogens is 1. The van der Waals surface area contributed by atoms with E-state index in [4.69, 9.17) is 0 Å². The summed E-state index contributed by atoms with van der Waals surface area (Å²) >= 11 is 0. The van der Waals surface area contributed by atoms with Crippen LogP contribution in [0.2, 0.25) is 0 Å². The van der Waals surface area contributed by atoms with Crippen molar-refractivity contribution in [1.29, 1.82) is 0 Å². The minimum Gasteiger partial charge on any atom is -0.508 e. The predicted octanol–water partition coefficient (Wildman–Crippen LogP) is 2.76. The monoisotopic (exact) mass is 286 g/mol. The van der Waals surface area contributed by atoms with E-state index in [0.29, 0.717) is 17.7 Å². The number of carboxylic acid groups (broad SMARTS) is 1. The Morgan fingerprint density at radius 2 is 2.14 bits per heavy atom. The van der Waals surface area contributed by atoms with Crippen LogP contribution in [0, 0.1) is 0 Å². The lowest BCUT2D eigenvalue weighted by atomic mass is 9.86. The summed E-state index contributed by atoms with van der Waals surface area (Å²) < 4.78 is 0. The number of nitrogens with one attached hydrogen (secondary N) is 1. The van der Waals surface area contributed by atoms with Gasteiger partial charge in [-0.2, -0.15) is 0 Å². The number of aliphatic carboxylic acids is 1. The molecule has 0 saturated carbocycles. The highest BCUT2D eigenvalue weighted by Crippen LogP contribution is 2.31. The van der Waals surface area contributed by atoms with Crippen LogP contribution in [-0.4, -0.2) is 21.2 Å². The van der Waals surface area contributed by atoms with Gasteiger partial charge >= 0.3 is 5.97 Å². The van der Waals surface area contributed by atoms with Gasteiger partial charge in [-0.3, -0.25) is 4.98 Å². The normalized spacial score (nSPS) is 13.4. The van der Waals surface area contributed by atoms with E-state index < -0.39 is 11.5 Å². The average Bonchev–Trinajstić information content (AvgIpc) is 2.47. The summed E-state index contributed by atoms with van der Waals surface area (Å²) in [5.41, 5.74) is 0.732. The summed E-state index contributed by atoms with van der Waals surface area (Å²) in [5, 5.41) is 22.3. The molecule has 0 unspecified atom stereocenters. The predicted molar refractivity (Wildman–Crippen MR) is 80.3 cm³/mol. The van der Waals surface area contributed by atoms with Crippen molar-refractivity contribution in [2.45, 2.75) is 25.8 Å². The van der Waals surface area contributed by atoms with Crippen LogP contribution in [0.15, 0.2) is 42.7 Å². The lowest BCUT2D eigenvalue weighted by Crippen LogP contribution is -2.41. The Balaban J connectivity index is 2.50. The minimum atomic E-state index is -1.30. The topological polar surface area (TPSA) is 82.5 Å². The van der Waals surface area contributed by atoms with E-state index in [0.717, 1.165) is 5.56 Å². The molecule has 1 aromatic heterocycles. The van der Waals surface area contributed by atoms with Crippen LogP contribution >= 0.6 is 0 Å². The molecule has 0 aliphatic heterocycles. The van der Waals surface area contributed by atoms with Crippen LogP contribution in [0.25, 0.3) is 0 Å². The van der Waals surface area contributed by atoms with Crippen molar-refractivity contribution in [1.82, 2.24) is 4.98 Å². The van der Waals surface area contributed by atoms with E-state index in [1.54, 1.807) is 43.6 Å². The van der Waals surface area contributed by atoms with Gasteiger partial charge in [0.05, 0.1) is 5.69 Å². The number of carboxylic acids is 1. The molecule has 0 aliphatic rings. The zero-order valence-corrected chi connectivity index (χ0v) is 12.0. The molecule has 0 amide bonds. The van der Waals surface area contributed by atoms with Gasteiger partial charge in [-0.15, -0.1) is 0 Å². The van der Waals surface area contributed by atoms with Gasteiger partial charge in [-0.1, -0.05) is 13.0 Å². The van der Waals surface area contributed by atoms with Crippen molar-refractivity contribution < 1.29 is 15.0 Å². The molecule has 0 spiro atoms. The van der Waals surface area contributed by atoms with Crippen LogP contribution in [0.1, 0.15) is 25.0 Å². The molecule has 110 valence electrons. The number of nitrogens with zero attached hydrogens (tertiary/aromatic N) is 1. The highest BCUT2D eigenvalue weighted by atomic mass is 16.4. The molecule has 3 N–H and O–H groups in total. The number of carbonyl (C=O) groups is 1. The van der Waals surface area contributed by atoms with E-state index in [1.807, 2.05) is 6.92 Å². The lowest BCUT2D eigenvalue weighted by Gasteiger charge is -2.29. The molecule has 0 saturated heterocycles. The van der Waals surface area contributed by atoms with Crippen LogP contribution < -0.4 is 5.32 Å². The molecule has 5 heteroatoms. The summed E-state index contributed by atoms with van der Waals surface area (Å²) in [6.45, 7) is 3.53. The van der Waals surface area contributed by atoms with Crippen molar-refractivity contribution in [3.05, 3.63) is 53.9 Å². The molecule has 21 heavy (non-hydrogen) atoms. The van der Waals surface area contributed by atoms with Crippen LogP contribution in [0.5, 0.6) is 5.75 Å². The molecular formula is C16H18N2O3. The summed E-state index contributed by atoms with van der Waals surface area (Å²) in [4.78, 5) is 15.8. The molecule has 2 rings (SSSR count). The third-order valence-electron chi connectivity index (χ3n) is 3.49. The number of hydrogen-bond acceptors (Lipinski definition) is 4. The zero-order valence-electron chi connectivity index (χ0n) is 12.0. The molecule has 0 aliphatic carbocycles. The summed E-state index contributed by atoms with van der Waals surface area (Å²) in [7, 11) is 0. The fraction of sp³-hybridized carbons (Fsp3) is 0.250. The highest BCUT2D eigenvalue weighted by Gasteiger charge is 2.37. The Morgan fingerprint density at radius 1 is 1.38 bits per heavy atom. The van der Waals surface area contributed by atoms with E-state index in [-0.39, 0.29) is 5.75 Å². The van der Waals surface area contributed by atoms with Crippen molar-refractivity contribution in [2.24, 2.45) is 0 Å². The molecule has 0 bridgehead atoms. The maximum absolute atomic E-state index is 11.8. The maximum Gasteiger partial charge on any atom is 0.333 e. The highest BCUT2D eigenvalue weighted by molar-refractivity contribution is 5.84. The molecular weight excluding hydrogens is 268 g/mol. The number of rotatable bonds is 5. The third kappa shape index (κ3) is 2.97. The number of aromatic hydroxyl groups is 1. The van der Waals surface area contributed by atoms with Gasteiger partial charge in [0.1, 0.15) is 5.75 Å². The van der Waals surface area contributed by atoms with Gasteiger partial charge in [0.2, 0.25) is 0 Å². The number of phenols is 1. The van der Waals surface area contributed by atoms with Gasteiger partial charge in [-0.05, 0) is 48.7 Å². The number of aryl methyl sites for hydroxylation is 1. The van der Waals surface area contributed by atoms with Crippen LogP contribution in [0.3, 0.4) is 0 Å². The second kappa shape index (κ2) is 5.83. The molecule has 5 nitrogen and oxygen atoms in total. The number of pyridine rings is 1. The Morgan fingerprint density at radius 3 is 2.71 bits per heavy atom. The van der Waals surface area contributed by atoms with E-state index >= 15 is 0 Å². The van der Waals surface area contributed by atoms with E-state index in [9.17, 15) is 15.0 Å². The van der Waals surface area contributed by atoms with Crippen molar-refractivity contribution in [2.75, 3.05) is 5.32 Å². The first-order valence-corrected chi connectivity index (χ1v) is 6.71. The van der Waals surface area contributed by atoms with Crippen LogP contribution in [-0.2, 0) is 16.8 Å². The summed E-state index contributed by atoms with van der Waals surface area (Å²) in [5.74, 6) is -0.864. The van der Waals surface area contributed by atoms with Crippen molar-refractivity contribution in [3.8, 4) is 5.75 Å². The van der Waals surface area contributed by atoms with Gasteiger partial charge in [0.15, 0.2) is 5.54 Å². The first kappa shape index (κ1) is 14.8. The van der Waals surface area contributed by atoms with Crippen molar-refractivity contribution >= 4 is 11.7 Å². The Bertz CT molecular complexity index is 643. The molecule has 1 atom stereocenters. The van der Waals surface area contributed by atoms with E-state index in [1.165, 1.54) is 6.07 Å². The van der Waals surface area contributed by atoms with Gasteiger partial charge < -0.3 is 15.5 Å². The third-order valence-corrected chi connectivity index (χ3v) is 3.49. The molecule has 0 fully saturated rings. The second-order valence-corrected chi connectivity index (χ2v) is 4.99. The fourth-order valence-electron chi connectivity index (χ4n) is 2.32.